The highest BCUT2D eigenvalue weighted by Gasteiger charge is 2.35. The van der Waals surface area contributed by atoms with Crippen molar-refractivity contribution in [2.75, 3.05) is 5.75 Å². The predicted octanol–water partition coefficient (Wildman–Crippen LogP) is 4.71. The number of carbonyl (C=O) groups excluding carboxylic acids is 1. The number of carbonyl (C=O) groups is 2. The van der Waals surface area contributed by atoms with Crippen molar-refractivity contribution in [3.63, 3.8) is 0 Å². The molecule has 0 unspecified atom stereocenters. The molecule has 30 heavy (non-hydrogen) atoms. The first kappa shape index (κ1) is 24.1. The molecular weight excluding hydrogens is 452 g/mol. The van der Waals surface area contributed by atoms with Gasteiger partial charge in [0.15, 0.2) is 11.0 Å². The number of nitrogens with two attached hydrogens (primary N) is 1. The molecule has 10 heteroatoms. The number of ketones is 1. The van der Waals surface area contributed by atoms with E-state index in [0.717, 1.165) is 5.75 Å². The molecule has 0 spiro atoms. The van der Waals surface area contributed by atoms with Gasteiger partial charge in [0.1, 0.15) is 16.7 Å². The van der Waals surface area contributed by atoms with Gasteiger partial charge in [-0.15, -0.1) is 0 Å². The normalized spacial score (nSPS) is 18.1. The van der Waals surface area contributed by atoms with E-state index >= 15 is 0 Å². The van der Waals surface area contributed by atoms with E-state index in [4.69, 9.17) is 38.8 Å². The Balaban J connectivity index is 0.00000101. The van der Waals surface area contributed by atoms with E-state index < -0.39 is 5.54 Å². The molecule has 3 N–H and O–H groups in total. The smallest absolute Gasteiger partial charge is 0.290 e. The maximum Gasteiger partial charge on any atom is 0.290 e. The molecule has 0 radical (unpaired) electrons. The minimum atomic E-state index is -0.704. The summed E-state index contributed by atoms with van der Waals surface area (Å²) in [6, 6.07) is 7.70. The molecular formula is C20H20Cl2FN3O3S. The zero-order valence-corrected chi connectivity index (χ0v) is 18.4. The number of hydrogen-bond acceptors (Lipinski definition) is 6. The molecule has 0 saturated carbocycles. The molecule has 1 aromatic carbocycles. The number of Topliss-reactive ketones (excluding diaryl/α,β-unsaturated/α-hetero) is 1. The Morgan fingerprint density at radius 2 is 2.07 bits per heavy atom. The van der Waals surface area contributed by atoms with Crippen LogP contribution in [0.15, 0.2) is 35.3 Å². The number of amidine groups is 1. The molecule has 3 rings (SSSR count). The highest BCUT2D eigenvalue weighted by atomic mass is 35.5. The van der Waals surface area contributed by atoms with Gasteiger partial charge >= 0.3 is 0 Å². The van der Waals surface area contributed by atoms with Crippen molar-refractivity contribution < 1.29 is 19.1 Å². The van der Waals surface area contributed by atoms with Crippen LogP contribution < -0.4 is 5.73 Å². The maximum atomic E-state index is 14.6. The second kappa shape index (κ2) is 10.7. The van der Waals surface area contributed by atoms with Crippen molar-refractivity contribution in [3.8, 4) is 0 Å². The lowest BCUT2D eigenvalue weighted by atomic mass is 9.83. The minimum absolute atomic E-state index is 0.0358. The molecule has 0 saturated heterocycles. The van der Waals surface area contributed by atoms with E-state index in [-0.39, 0.29) is 40.4 Å². The highest BCUT2D eigenvalue weighted by molar-refractivity contribution is 8.13. The van der Waals surface area contributed by atoms with Gasteiger partial charge in [0.05, 0.1) is 10.6 Å². The Bertz CT molecular complexity index is 974. The number of benzene rings is 1. The summed E-state index contributed by atoms with van der Waals surface area (Å²) in [7, 11) is 0. The van der Waals surface area contributed by atoms with Crippen LogP contribution in [-0.2, 0) is 16.8 Å². The largest absolute Gasteiger partial charge is 0.483 e. The molecule has 1 aromatic heterocycles. The summed E-state index contributed by atoms with van der Waals surface area (Å²) in [6.07, 6.45) is 1.34. The summed E-state index contributed by atoms with van der Waals surface area (Å²) in [5, 5.41) is 7.77. The fraction of sp³-hybridized carbons (Fsp3) is 0.300. The van der Waals surface area contributed by atoms with Crippen molar-refractivity contribution in [1.29, 1.82) is 0 Å². The lowest BCUT2D eigenvalue weighted by Gasteiger charge is -2.33. The number of aromatic nitrogens is 1. The predicted molar refractivity (Wildman–Crippen MR) is 118 cm³/mol. The van der Waals surface area contributed by atoms with Crippen LogP contribution in [0.2, 0.25) is 10.2 Å². The SMILES string of the molecule is CC[C@@]1(c2cc(CC(=O)c3nc(Cl)ccc3Cl)ccc2F)CCSC(N)=N1.O=CO. The van der Waals surface area contributed by atoms with Crippen LogP contribution in [0.4, 0.5) is 4.39 Å². The first-order valence-electron chi connectivity index (χ1n) is 8.96. The average molecular weight is 472 g/mol. The summed E-state index contributed by atoms with van der Waals surface area (Å²) in [6.45, 7) is 1.71. The topological polar surface area (TPSA) is 106 Å². The summed E-state index contributed by atoms with van der Waals surface area (Å²) in [5.74, 6) is 0.136. The van der Waals surface area contributed by atoms with Crippen LogP contribution in [0, 0.1) is 5.82 Å². The molecule has 0 amide bonds. The second-order valence-electron chi connectivity index (χ2n) is 6.42. The molecule has 0 bridgehead atoms. The van der Waals surface area contributed by atoms with Crippen molar-refractivity contribution >= 4 is 52.4 Å². The summed E-state index contributed by atoms with van der Waals surface area (Å²) < 4.78 is 14.6. The van der Waals surface area contributed by atoms with Crippen molar-refractivity contribution in [1.82, 2.24) is 4.98 Å². The first-order chi connectivity index (χ1) is 14.3. The minimum Gasteiger partial charge on any atom is -0.483 e. The van der Waals surface area contributed by atoms with E-state index in [1.165, 1.54) is 30.0 Å². The molecule has 0 fully saturated rings. The van der Waals surface area contributed by atoms with Crippen molar-refractivity contribution in [2.24, 2.45) is 10.7 Å². The molecule has 1 aliphatic heterocycles. The monoisotopic (exact) mass is 471 g/mol. The van der Waals surface area contributed by atoms with Crippen LogP contribution in [0.3, 0.4) is 0 Å². The Morgan fingerprint density at radius 3 is 2.70 bits per heavy atom. The Kier molecular flexibility index (Phi) is 8.64. The fourth-order valence-corrected chi connectivity index (χ4v) is 4.43. The third kappa shape index (κ3) is 5.71. The third-order valence-corrected chi connectivity index (χ3v) is 5.96. The number of thioether (sulfide) groups is 1. The second-order valence-corrected chi connectivity index (χ2v) is 8.33. The quantitative estimate of drug-likeness (QED) is 0.371. The van der Waals surface area contributed by atoms with Crippen LogP contribution in [-0.4, -0.2) is 33.3 Å². The van der Waals surface area contributed by atoms with E-state index in [0.29, 0.717) is 29.1 Å². The van der Waals surface area contributed by atoms with Gasteiger partial charge in [-0.1, -0.05) is 48.0 Å². The van der Waals surface area contributed by atoms with Gasteiger partial charge in [-0.2, -0.15) is 0 Å². The number of aliphatic imine (C=N–C) groups is 1. The van der Waals surface area contributed by atoms with E-state index in [1.54, 1.807) is 12.1 Å². The Hall–Kier alpha value is -2.16. The molecule has 6 nitrogen and oxygen atoms in total. The van der Waals surface area contributed by atoms with E-state index in [1.807, 2.05) is 6.92 Å². The zero-order valence-electron chi connectivity index (χ0n) is 16.1. The Labute approximate surface area is 187 Å². The van der Waals surface area contributed by atoms with Crippen LogP contribution in [0.1, 0.15) is 41.4 Å². The lowest BCUT2D eigenvalue weighted by molar-refractivity contribution is -0.122. The molecule has 0 aliphatic carbocycles. The van der Waals surface area contributed by atoms with Gasteiger partial charge in [-0.3, -0.25) is 14.6 Å². The molecule has 1 atom stereocenters. The Morgan fingerprint density at radius 1 is 1.37 bits per heavy atom. The molecule has 1 aliphatic rings. The van der Waals surface area contributed by atoms with Crippen LogP contribution in [0.5, 0.6) is 0 Å². The highest BCUT2D eigenvalue weighted by Crippen LogP contribution is 2.40. The van der Waals surface area contributed by atoms with Gasteiger partial charge in [0.25, 0.3) is 6.47 Å². The fourth-order valence-electron chi connectivity index (χ4n) is 3.19. The number of hydrogen-bond donors (Lipinski definition) is 2. The summed E-state index contributed by atoms with van der Waals surface area (Å²) in [5.41, 5.74) is 6.43. The van der Waals surface area contributed by atoms with Gasteiger partial charge in [-0.05, 0) is 42.7 Å². The van der Waals surface area contributed by atoms with Crippen molar-refractivity contribution in [3.05, 3.63) is 63.1 Å². The summed E-state index contributed by atoms with van der Waals surface area (Å²) >= 11 is 13.4. The van der Waals surface area contributed by atoms with Gasteiger partial charge in [0, 0.05) is 17.7 Å². The van der Waals surface area contributed by atoms with Gasteiger partial charge in [0.2, 0.25) is 0 Å². The van der Waals surface area contributed by atoms with Crippen LogP contribution in [0.25, 0.3) is 0 Å². The third-order valence-electron chi connectivity index (χ3n) is 4.65. The number of carboxylic acid groups (broad SMARTS) is 1. The average Bonchev–Trinajstić information content (AvgIpc) is 2.71. The number of pyridine rings is 1. The van der Waals surface area contributed by atoms with Gasteiger partial charge < -0.3 is 10.8 Å². The zero-order chi connectivity index (χ0) is 22.3. The van der Waals surface area contributed by atoms with E-state index in [2.05, 4.69) is 9.98 Å². The van der Waals surface area contributed by atoms with Crippen LogP contribution >= 0.6 is 35.0 Å². The first-order valence-corrected chi connectivity index (χ1v) is 10.7. The number of nitrogens with zero attached hydrogens (tertiary/aromatic N) is 2. The lowest BCUT2D eigenvalue weighted by Crippen LogP contribution is -2.32. The van der Waals surface area contributed by atoms with Crippen molar-refractivity contribution in [2.45, 2.75) is 31.7 Å². The molecule has 160 valence electrons. The van der Waals surface area contributed by atoms with E-state index in [9.17, 15) is 9.18 Å². The summed E-state index contributed by atoms with van der Waals surface area (Å²) in [4.78, 5) is 29.5. The van der Waals surface area contributed by atoms with Gasteiger partial charge in [-0.25, -0.2) is 9.37 Å². The number of rotatable bonds is 5. The molecule has 2 aromatic rings. The number of halogens is 3. The molecule has 2 heterocycles. The standard InChI is InChI=1S/C19H18Cl2FN3OS.CH2O2/c1-2-19(7-8-27-18(23)25-19)12-9-11(3-5-14(12)22)10-15(26)17-13(20)4-6-16(21)24-17;2-1-3/h3-6,9H,2,7-8,10H2,1H3,(H2,23,25);1H,(H,2,3)/t19-;/m0./s1. The maximum absolute atomic E-state index is 14.6.